The summed E-state index contributed by atoms with van der Waals surface area (Å²) >= 11 is 0. The molecule has 1 unspecified atom stereocenters. The van der Waals surface area contributed by atoms with Gasteiger partial charge in [-0.05, 0) is 37.4 Å². The summed E-state index contributed by atoms with van der Waals surface area (Å²) in [5.74, 6) is -0.323. The SMILES string of the molecule is CN(C)C1CN(C(=O)c2ccc3c(c2)C(O)(C(F)(F)F)c2ccccc2-3)C1. The molecule has 1 saturated heterocycles. The summed E-state index contributed by atoms with van der Waals surface area (Å²) in [5.41, 5.74) is -2.81. The lowest BCUT2D eigenvalue weighted by Crippen LogP contribution is -2.59. The minimum absolute atomic E-state index is 0.154. The van der Waals surface area contributed by atoms with Gasteiger partial charge in [-0.2, -0.15) is 13.2 Å². The molecule has 0 bridgehead atoms. The minimum atomic E-state index is -4.90. The summed E-state index contributed by atoms with van der Waals surface area (Å²) in [6, 6.07) is 10.4. The third-order valence-corrected chi connectivity index (χ3v) is 5.55. The predicted molar refractivity (Wildman–Crippen MR) is 94.3 cm³/mol. The van der Waals surface area contributed by atoms with Gasteiger partial charge >= 0.3 is 6.18 Å². The highest BCUT2D eigenvalue weighted by atomic mass is 19.4. The van der Waals surface area contributed by atoms with E-state index < -0.39 is 11.8 Å². The van der Waals surface area contributed by atoms with E-state index >= 15 is 0 Å². The van der Waals surface area contributed by atoms with E-state index in [4.69, 9.17) is 0 Å². The molecule has 1 fully saturated rings. The number of hydrogen-bond donors (Lipinski definition) is 1. The number of fused-ring (bicyclic) bond motifs is 3. The van der Waals surface area contributed by atoms with Crippen LogP contribution in [0.25, 0.3) is 11.1 Å². The van der Waals surface area contributed by atoms with E-state index in [1.54, 1.807) is 17.0 Å². The zero-order valence-electron chi connectivity index (χ0n) is 14.9. The third kappa shape index (κ3) is 2.49. The second kappa shape index (κ2) is 5.81. The maximum absolute atomic E-state index is 13.9. The Hall–Kier alpha value is -2.38. The van der Waals surface area contributed by atoms with Gasteiger partial charge in [0.05, 0.1) is 0 Å². The van der Waals surface area contributed by atoms with E-state index in [9.17, 15) is 23.1 Å². The van der Waals surface area contributed by atoms with Crippen molar-refractivity contribution in [2.24, 2.45) is 0 Å². The number of hydrogen-bond acceptors (Lipinski definition) is 3. The fourth-order valence-corrected chi connectivity index (χ4v) is 3.83. The fourth-order valence-electron chi connectivity index (χ4n) is 3.83. The highest BCUT2D eigenvalue weighted by molar-refractivity contribution is 5.96. The molecule has 1 amide bonds. The summed E-state index contributed by atoms with van der Waals surface area (Å²) in [6.45, 7) is 1.07. The topological polar surface area (TPSA) is 43.8 Å². The first-order valence-corrected chi connectivity index (χ1v) is 8.64. The first kappa shape index (κ1) is 18.0. The van der Waals surface area contributed by atoms with Crippen LogP contribution in [0.4, 0.5) is 13.2 Å². The second-order valence-electron chi connectivity index (χ2n) is 7.34. The molecular formula is C20H19F3N2O2. The van der Waals surface area contributed by atoms with Crippen LogP contribution in [0.1, 0.15) is 21.5 Å². The number of alkyl halides is 3. The molecule has 1 atom stereocenters. The van der Waals surface area contributed by atoms with E-state index in [0.29, 0.717) is 24.2 Å². The van der Waals surface area contributed by atoms with E-state index in [1.165, 1.54) is 30.3 Å². The Morgan fingerprint density at radius 3 is 2.37 bits per heavy atom. The van der Waals surface area contributed by atoms with Crippen LogP contribution in [-0.4, -0.2) is 60.2 Å². The summed E-state index contributed by atoms with van der Waals surface area (Å²) < 4.78 is 41.6. The number of benzene rings is 2. The Bertz CT molecular complexity index is 920. The molecule has 0 spiro atoms. The van der Waals surface area contributed by atoms with Gasteiger partial charge in [0.1, 0.15) is 0 Å². The Morgan fingerprint density at radius 2 is 1.74 bits per heavy atom. The van der Waals surface area contributed by atoms with Gasteiger partial charge in [0, 0.05) is 35.8 Å². The van der Waals surface area contributed by atoms with Gasteiger partial charge in [-0.3, -0.25) is 4.79 Å². The number of amides is 1. The van der Waals surface area contributed by atoms with Crippen LogP contribution >= 0.6 is 0 Å². The number of nitrogens with zero attached hydrogens (tertiary/aromatic N) is 2. The molecule has 142 valence electrons. The van der Waals surface area contributed by atoms with Crippen LogP contribution in [0.2, 0.25) is 0 Å². The Balaban J connectivity index is 1.75. The first-order valence-electron chi connectivity index (χ1n) is 8.64. The summed E-state index contributed by atoms with van der Waals surface area (Å²) in [7, 11) is 3.84. The Labute approximate surface area is 154 Å². The van der Waals surface area contributed by atoms with Crippen LogP contribution in [0, 0.1) is 0 Å². The molecule has 4 rings (SSSR count). The molecule has 4 nitrogen and oxygen atoms in total. The lowest BCUT2D eigenvalue weighted by molar-refractivity contribution is -0.246. The molecule has 1 aliphatic heterocycles. The van der Waals surface area contributed by atoms with Crippen LogP contribution in [-0.2, 0) is 5.60 Å². The quantitative estimate of drug-likeness (QED) is 0.877. The van der Waals surface area contributed by atoms with Crippen molar-refractivity contribution in [3.63, 3.8) is 0 Å². The summed E-state index contributed by atoms with van der Waals surface area (Å²) in [4.78, 5) is 16.3. The van der Waals surface area contributed by atoms with Gasteiger partial charge < -0.3 is 14.9 Å². The van der Waals surface area contributed by atoms with Crippen LogP contribution in [0.3, 0.4) is 0 Å². The molecule has 2 aromatic rings. The highest BCUT2D eigenvalue weighted by Gasteiger charge is 2.60. The number of likely N-dealkylation sites (N-methyl/N-ethyl adjacent to an activating group) is 1. The molecule has 7 heteroatoms. The number of aliphatic hydroxyl groups is 1. The van der Waals surface area contributed by atoms with E-state index in [0.717, 1.165) is 0 Å². The molecule has 2 aromatic carbocycles. The maximum Gasteiger partial charge on any atom is 0.425 e. The van der Waals surface area contributed by atoms with Crippen LogP contribution in [0.5, 0.6) is 0 Å². The monoisotopic (exact) mass is 376 g/mol. The average molecular weight is 376 g/mol. The van der Waals surface area contributed by atoms with Crippen molar-refractivity contribution >= 4 is 5.91 Å². The molecule has 1 N–H and O–H groups in total. The zero-order chi connectivity index (χ0) is 19.6. The largest absolute Gasteiger partial charge is 0.425 e. The number of halogens is 3. The smallest absolute Gasteiger partial charge is 0.372 e. The highest BCUT2D eigenvalue weighted by Crippen LogP contribution is 2.55. The van der Waals surface area contributed by atoms with Crippen molar-refractivity contribution < 1.29 is 23.1 Å². The maximum atomic E-state index is 13.9. The number of rotatable bonds is 2. The zero-order valence-corrected chi connectivity index (χ0v) is 14.9. The number of carbonyl (C=O) groups excluding carboxylic acids is 1. The number of carbonyl (C=O) groups is 1. The molecule has 0 aromatic heterocycles. The van der Waals surface area contributed by atoms with Crippen molar-refractivity contribution in [3.05, 3.63) is 59.2 Å². The first-order chi connectivity index (χ1) is 12.6. The molecular weight excluding hydrogens is 357 g/mol. The van der Waals surface area contributed by atoms with Gasteiger partial charge in [-0.15, -0.1) is 0 Å². The fraction of sp³-hybridized carbons (Fsp3) is 0.350. The molecule has 0 radical (unpaired) electrons. The van der Waals surface area contributed by atoms with Gasteiger partial charge in [0.15, 0.2) is 0 Å². The van der Waals surface area contributed by atoms with Crippen LogP contribution in [0.15, 0.2) is 42.5 Å². The minimum Gasteiger partial charge on any atom is -0.372 e. The molecule has 27 heavy (non-hydrogen) atoms. The molecule has 1 aliphatic carbocycles. The van der Waals surface area contributed by atoms with Gasteiger partial charge in [0.25, 0.3) is 5.91 Å². The normalized spacial score (nSPS) is 21.8. The molecule has 0 saturated carbocycles. The molecule has 1 heterocycles. The van der Waals surface area contributed by atoms with Crippen molar-refractivity contribution in [3.8, 4) is 11.1 Å². The van der Waals surface area contributed by atoms with Gasteiger partial charge in [-0.25, -0.2) is 0 Å². The van der Waals surface area contributed by atoms with E-state index in [2.05, 4.69) is 0 Å². The lowest BCUT2D eigenvalue weighted by Gasteiger charge is -2.42. The molecule has 2 aliphatic rings. The second-order valence-corrected chi connectivity index (χ2v) is 7.34. The Kier molecular flexibility index (Phi) is 3.87. The van der Waals surface area contributed by atoms with E-state index in [-0.39, 0.29) is 28.6 Å². The van der Waals surface area contributed by atoms with Crippen molar-refractivity contribution in [2.75, 3.05) is 27.2 Å². The van der Waals surface area contributed by atoms with Crippen molar-refractivity contribution in [2.45, 2.75) is 17.8 Å². The van der Waals surface area contributed by atoms with E-state index in [1.807, 2.05) is 19.0 Å². The number of likely N-dealkylation sites (tertiary alicyclic amines) is 1. The van der Waals surface area contributed by atoms with Crippen molar-refractivity contribution in [1.82, 2.24) is 9.80 Å². The lowest BCUT2D eigenvalue weighted by atomic mass is 9.89. The average Bonchev–Trinajstić information content (AvgIpc) is 2.83. The van der Waals surface area contributed by atoms with Gasteiger partial charge in [-0.1, -0.05) is 30.3 Å². The van der Waals surface area contributed by atoms with Crippen LogP contribution < -0.4 is 0 Å². The third-order valence-electron chi connectivity index (χ3n) is 5.55. The Morgan fingerprint density at radius 1 is 1.11 bits per heavy atom. The predicted octanol–water partition coefficient (Wildman–Crippen LogP) is 2.85. The van der Waals surface area contributed by atoms with Crippen molar-refractivity contribution in [1.29, 1.82) is 0 Å². The standard InChI is InChI=1S/C20H19F3N2O2/c1-24(2)13-10-25(11-13)18(26)12-7-8-15-14-5-3-4-6-16(14)19(27,17(15)9-12)20(21,22)23/h3-9,13,27H,10-11H2,1-2H3. The summed E-state index contributed by atoms with van der Waals surface area (Å²) in [6.07, 6.45) is -4.90. The van der Waals surface area contributed by atoms with Gasteiger partial charge in [0.2, 0.25) is 5.60 Å². The summed E-state index contributed by atoms with van der Waals surface area (Å²) in [5, 5.41) is 10.7.